The standard InChI is InChI=1S/C7H6O3.C3H8O3S/c8-6-4-2-1-3-5(6)7(9)10;1-2-3-7(4,5)6/h1-4,8H,(H,9,10);2-3H2,1H3,(H,4,5,6). The van der Waals surface area contributed by atoms with E-state index in [4.69, 9.17) is 14.8 Å². The number of rotatable bonds is 3. The van der Waals surface area contributed by atoms with Crippen molar-refractivity contribution >= 4 is 16.1 Å². The van der Waals surface area contributed by atoms with Crippen LogP contribution >= 0.6 is 0 Å². The van der Waals surface area contributed by atoms with Gasteiger partial charge in [0.25, 0.3) is 10.1 Å². The minimum atomic E-state index is -3.67. The molecule has 96 valence electrons. The fourth-order valence-electron chi connectivity index (χ4n) is 0.912. The molecule has 7 heteroatoms. The highest BCUT2D eigenvalue weighted by atomic mass is 32.2. The Morgan fingerprint density at radius 3 is 2.06 bits per heavy atom. The molecule has 0 unspecified atom stereocenters. The van der Waals surface area contributed by atoms with Crippen LogP contribution in [0.5, 0.6) is 5.75 Å². The van der Waals surface area contributed by atoms with Crippen LogP contribution in [0.15, 0.2) is 24.3 Å². The molecule has 17 heavy (non-hydrogen) atoms. The first-order valence-electron chi connectivity index (χ1n) is 4.74. The van der Waals surface area contributed by atoms with E-state index in [2.05, 4.69) is 0 Å². The molecule has 6 nitrogen and oxygen atoms in total. The largest absolute Gasteiger partial charge is 0.507 e. The van der Waals surface area contributed by atoms with E-state index >= 15 is 0 Å². The Morgan fingerprint density at radius 2 is 1.82 bits per heavy atom. The van der Waals surface area contributed by atoms with Crippen molar-refractivity contribution in [1.82, 2.24) is 0 Å². The van der Waals surface area contributed by atoms with Crippen LogP contribution in [0.3, 0.4) is 0 Å². The summed E-state index contributed by atoms with van der Waals surface area (Å²) in [7, 11) is -3.67. The molecular formula is C10H14O6S. The van der Waals surface area contributed by atoms with E-state index in [1.165, 1.54) is 12.1 Å². The summed E-state index contributed by atoms with van der Waals surface area (Å²) < 4.78 is 27.6. The summed E-state index contributed by atoms with van der Waals surface area (Å²) in [6.45, 7) is 1.69. The normalized spacial score (nSPS) is 10.2. The van der Waals surface area contributed by atoms with Gasteiger partial charge in [0.1, 0.15) is 11.3 Å². The first-order valence-corrected chi connectivity index (χ1v) is 6.35. The minimum Gasteiger partial charge on any atom is -0.507 e. The maximum Gasteiger partial charge on any atom is 0.339 e. The molecule has 0 fully saturated rings. The van der Waals surface area contributed by atoms with Gasteiger partial charge in [-0.1, -0.05) is 19.1 Å². The zero-order valence-corrected chi connectivity index (χ0v) is 10.0. The van der Waals surface area contributed by atoms with Crippen molar-refractivity contribution in [3.05, 3.63) is 29.8 Å². The molecule has 1 aromatic rings. The van der Waals surface area contributed by atoms with Crippen molar-refractivity contribution in [3.8, 4) is 5.75 Å². The van der Waals surface area contributed by atoms with Crippen LogP contribution in [-0.2, 0) is 10.1 Å². The SMILES string of the molecule is CCCS(=O)(=O)O.O=C(O)c1ccccc1O. The van der Waals surface area contributed by atoms with E-state index in [0.717, 1.165) is 0 Å². The van der Waals surface area contributed by atoms with E-state index in [-0.39, 0.29) is 17.1 Å². The Balaban J connectivity index is 0.000000325. The van der Waals surface area contributed by atoms with Crippen LogP contribution in [0.2, 0.25) is 0 Å². The zero-order chi connectivity index (χ0) is 13.5. The van der Waals surface area contributed by atoms with Gasteiger partial charge in [0.15, 0.2) is 0 Å². The Labute approximate surface area is 99.3 Å². The van der Waals surface area contributed by atoms with Crippen molar-refractivity contribution in [2.75, 3.05) is 5.75 Å². The molecule has 0 aliphatic heterocycles. The second kappa shape index (κ2) is 6.87. The number of hydrogen-bond donors (Lipinski definition) is 3. The molecule has 1 aromatic carbocycles. The van der Waals surface area contributed by atoms with Crippen LogP contribution in [0.4, 0.5) is 0 Å². The fourth-order valence-corrected chi connectivity index (χ4v) is 1.43. The third-order valence-corrected chi connectivity index (χ3v) is 2.52. The molecule has 0 saturated carbocycles. The van der Waals surface area contributed by atoms with Crippen molar-refractivity contribution in [2.45, 2.75) is 13.3 Å². The van der Waals surface area contributed by atoms with Crippen molar-refractivity contribution < 1.29 is 28.0 Å². The summed E-state index contributed by atoms with van der Waals surface area (Å²) in [5.74, 6) is -1.44. The predicted molar refractivity (Wildman–Crippen MR) is 61.8 cm³/mol. The second-order valence-electron chi connectivity index (χ2n) is 3.11. The topological polar surface area (TPSA) is 112 Å². The molecule has 0 spiro atoms. The maximum atomic E-state index is 10.3. The van der Waals surface area contributed by atoms with Crippen LogP contribution in [-0.4, -0.2) is 34.9 Å². The van der Waals surface area contributed by atoms with Crippen LogP contribution in [0.25, 0.3) is 0 Å². The van der Waals surface area contributed by atoms with Gasteiger partial charge in [0.05, 0.1) is 5.75 Å². The zero-order valence-electron chi connectivity index (χ0n) is 9.20. The Kier molecular flexibility index (Phi) is 6.22. The number of aromatic carboxylic acids is 1. The Bertz CT molecular complexity index is 465. The van der Waals surface area contributed by atoms with Crippen molar-refractivity contribution in [3.63, 3.8) is 0 Å². The highest BCUT2D eigenvalue weighted by molar-refractivity contribution is 7.85. The average Bonchev–Trinajstić information content (AvgIpc) is 2.16. The molecule has 0 aromatic heterocycles. The van der Waals surface area contributed by atoms with Gasteiger partial charge in [-0.05, 0) is 18.6 Å². The number of hydrogen-bond acceptors (Lipinski definition) is 4. The number of carboxylic acid groups (broad SMARTS) is 1. The molecule has 0 atom stereocenters. The highest BCUT2D eigenvalue weighted by Gasteiger charge is 2.05. The maximum absolute atomic E-state index is 10.3. The lowest BCUT2D eigenvalue weighted by molar-refractivity contribution is 0.0693. The van der Waals surface area contributed by atoms with Gasteiger partial charge in [0.2, 0.25) is 0 Å². The summed E-state index contributed by atoms with van der Waals surface area (Å²) in [6.07, 6.45) is 0.471. The van der Waals surface area contributed by atoms with Crippen LogP contribution in [0.1, 0.15) is 23.7 Å². The van der Waals surface area contributed by atoms with Gasteiger partial charge in [-0.25, -0.2) is 4.79 Å². The Morgan fingerprint density at radius 1 is 1.29 bits per heavy atom. The molecule has 1 rings (SSSR count). The van der Waals surface area contributed by atoms with Gasteiger partial charge in [0, 0.05) is 0 Å². The summed E-state index contributed by atoms with van der Waals surface area (Å²) in [6, 6.07) is 5.81. The number of para-hydroxylation sites is 1. The summed E-state index contributed by atoms with van der Waals surface area (Å²) in [5, 5.41) is 17.3. The fraction of sp³-hybridized carbons (Fsp3) is 0.300. The van der Waals surface area contributed by atoms with Crippen LogP contribution in [0, 0.1) is 0 Å². The highest BCUT2D eigenvalue weighted by Crippen LogP contribution is 2.14. The molecule has 0 bridgehead atoms. The number of phenols is 1. The lowest BCUT2D eigenvalue weighted by Crippen LogP contribution is -2.01. The van der Waals surface area contributed by atoms with E-state index in [0.29, 0.717) is 6.42 Å². The smallest absolute Gasteiger partial charge is 0.339 e. The molecule has 0 aliphatic carbocycles. The van der Waals surface area contributed by atoms with E-state index < -0.39 is 16.1 Å². The quantitative estimate of drug-likeness (QED) is 0.709. The molecule has 0 radical (unpaired) electrons. The number of aromatic hydroxyl groups is 1. The van der Waals surface area contributed by atoms with Gasteiger partial charge in [-0.15, -0.1) is 0 Å². The third kappa shape index (κ3) is 7.31. The molecular weight excluding hydrogens is 248 g/mol. The first kappa shape index (κ1) is 15.4. The van der Waals surface area contributed by atoms with E-state index in [1.54, 1.807) is 19.1 Å². The predicted octanol–water partition coefficient (Wildman–Crippen LogP) is 1.37. The number of benzene rings is 1. The average molecular weight is 262 g/mol. The number of carbonyl (C=O) groups is 1. The van der Waals surface area contributed by atoms with E-state index in [1.807, 2.05) is 0 Å². The lowest BCUT2D eigenvalue weighted by Gasteiger charge is -1.95. The first-order chi connectivity index (χ1) is 7.78. The molecule has 0 amide bonds. The summed E-state index contributed by atoms with van der Waals surface area (Å²) >= 11 is 0. The summed E-state index contributed by atoms with van der Waals surface area (Å²) in [4.78, 5) is 10.3. The van der Waals surface area contributed by atoms with Gasteiger partial charge in [-0.3, -0.25) is 4.55 Å². The monoisotopic (exact) mass is 262 g/mol. The van der Waals surface area contributed by atoms with Gasteiger partial charge >= 0.3 is 5.97 Å². The Hall–Kier alpha value is -1.60. The molecule has 0 heterocycles. The third-order valence-electron chi connectivity index (χ3n) is 1.60. The molecule has 0 saturated heterocycles. The second-order valence-corrected chi connectivity index (χ2v) is 4.68. The lowest BCUT2D eigenvalue weighted by atomic mass is 10.2. The van der Waals surface area contributed by atoms with Crippen molar-refractivity contribution in [1.29, 1.82) is 0 Å². The van der Waals surface area contributed by atoms with Crippen LogP contribution < -0.4 is 0 Å². The molecule has 3 N–H and O–H groups in total. The molecule has 0 aliphatic rings. The van der Waals surface area contributed by atoms with Gasteiger partial charge < -0.3 is 10.2 Å². The summed E-state index contributed by atoms with van der Waals surface area (Å²) in [5.41, 5.74) is -0.0671. The van der Waals surface area contributed by atoms with Gasteiger partial charge in [-0.2, -0.15) is 8.42 Å². The number of carboxylic acids is 1. The van der Waals surface area contributed by atoms with Crippen molar-refractivity contribution in [2.24, 2.45) is 0 Å². The van der Waals surface area contributed by atoms with E-state index in [9.17, 15) is 13.2 Å². The minimum absolute atomic E-state index is 0.0671.